The number of hydrogen-bond acceptors (Lipinski definition) is 3. The van der Waals surface area contributed by atoms with Gasteiger partial charge in [-0.25, -0.2) is 0 Å². The van der Waals surface area contributed by atoms with Crippen LogP contribution in [0.3, 0.4) is 0 Å². The van der Waals surface area contributed by atoms with Gasteiger partial charge in [0.1, 0.15) is 0 Å². The van der Waals surface area contributed by atoms with Gasteiger partial charge in [-0.15, -0.1) is 11.3 Å². The predicted octanol–water partition coefficient (Wildman–Crippen LogP) is 3.47. The number of rotatable bonds is 4. The molecular weight excluding hydrogens is 228 g/mol. The molecule has 1 atom stereocenters. The summed E-state index contributed by atoms with van der Waals surface area (Å²) in [5.41, 5.74) is 1.87. The highest BCUT2D eigenvalue weighted by molar-refractivity contribution is 7.09. The number of nitriles is 1. The standard InChI is InChI=1S/C14H14N2S/c1-11(16-10-14-6-3-7-17-14)13-5-2-4-12(8-13)9-15/h2-8,11,16H,10H2,1H3. The highest BCUT2D eigenvalue weighted by Crippen LogP contribution is 2.15. The molecule has 0 aliphatic heterocycles. The second-order valence-corrected chi connectivity index (χ2v) is 4.95. The molecule has 1 N–H and O–H groups in total. The average Bonchev–Trinajstić information content (AvgIpc) is 2.89. The summed E-state index contributed by atoms with van der Waals surface area (Å²) < 4.78 is 0. The Balaban J connectivity index is 1.99. The van der Waals surface area contributed by atoms with Crippen LogP contribution in [0, 0.1) is 11.3 Å². The van der Waals surface area contributed by atoms with E-state index in [-0.39, 0.29) is 6.04 Å². The molecule has 0 bridgehead atoms. The van der Waals surface area contributed by atoms with E-state index in [4.69, 9.17) is 5.26 Å². The van der Waals surface area contributed by atoms with Crippen molar-refractivity contribution in [3.05, 3.63) is 57.8 Å². The number of nitrogens with one attached hydrogen (secondary N) is 1. The van der Waals surface area contributed by atoms with Gasteiger partial charge in [0.25, 0.3) is 0 Å². The van der Waals surface area contributed by atoms with Crippen molar-refractivity contribution < 1.29 is 0 Å². The van der Waals surface area contributed by atoms with Crippen LogP contribution in [0.15, 0.2) is 41.8 Å². The first-order valence-electron chi connectivity index (χ1n) is 5.55. The van der Waals surface area contributed by atoms with Crippen LogP contribution in [-0.4, -0.2) is 0 Å². The molecule has 0 amide bonds. The Hall–Kier alpha value is -1.63. The van der Waals surface area contributed by atoms with Gasteiger partial charge in [0.2, 0.25) is 0 Å². The summed E-state index contributed by atoms with van der Waals surface area (Å²) in [6, 6.07) is 14.3. The monoisotopic (exact) mass is 242 g/mol. The van der Waals surface area contributed by atoms with Crippen molar-refractivity contribution >= 4 is 11.3 Å². The zero-order valence-electron chi connectivity index (χ0n) is 9.68. The van der Waals surface area contributed by atoms with Crippen LogP contribution in [0.2, 0.25) is 0 Å². The van der Waals surface area contributed by atoms with E-state index < -0.39 is 0 Å². The fourth-order valence-corrected chi connectivity index (χ4v) is 2.32. The van der Waals surface area contributed by atoms with Gasteiger partial charge in [-0.1, -0.05) is 18.2 Å². The van der Waals surface area contributed by atoms with Crippen LogP contribution >= 0.6 is 11.3 Å². The third-order valence-corrected chi connectivity index (χ3v) is 3.55. The summed E-state index contributed by atoms with van der Waals surface area (Å²) >= 11 is 1.75. The molecule has 0 saturated heterocycles. The van der Waals surface area contributed by atoms with Gasteiger partial charge in [-0.05, 0) is 36.1 Å². The quantitative estimate of drug-likeness (QED) is 0.891. The SMILES string of the molecule is CC(NCc1cccs1)c1cccc(C#N)c1. The Morgan fingerprint density at radius 2 is 2.24 bits per heavy atom. The fraction of sp³-hybridized carbons (Fsp3) is 0.214. The van der Waals surface area contributed by atoms with Crippen LogP contribution in [0.1, 0.15) is 29.0 Å². The first kappa shape index (κ1) is 11.8. The van der Waals surface area contributed by atoms with Crippen molar-refractivity contribution in [1.29, 1.82) is 5.26 Å². The highest BCUT2D eigenvalue weighted by atomic mass is 32.1. The van der Waals surface area contributed by atoms with Crippen molar-refractivity contribution in [3.63, 3.8) is 0 Å². The largest absolute Gasteiger partial charge is 0.305 e. The van der Waals surface area contributed by atoms with Crippen molar-refractivity contribution in [2.24, 2.45) is 0 Å². The molecule has 0 saturated carbocycles. The molecule has 2 rings (SSSR count). The van der Waals surface area contributed by atoms with E-state index in [1.54, 1.807) is 11.3 Å². The Labute approximate surface area is 106 Å². The first-order valence-corrected chi connectivity index (χ1v) is 6.43. The second kappa shape index (κ2) is 5.62. The van der Waals surface area contributed by atoms with Gasteiger partial charge in [0.15, 0.2) is 0 Å². The number of benzene rings is 1. The maximum atomic E-state index is 8.86. The van der Waals surface area contributed by atoms with Gasteiger partial charge in [-0.3, -0.25) is 0 Å². The van der Waals surface area contributed by atoms with Crippen LogP contribution in [0.25, 0.3) is 0 Å². The summed E-state index contributed by atoms with van der Waals surface area (Å²) in [4.78, 5) is 1.33. The summed E-state index contributed by atoms with van der Waals surface area (Å²) in [6.45, 7) is 2.99. The molecule has 1 aromatic heterocycles. The third-order valence-electron chi connectivity index (χ3n) is 2.68. The maximum absolute atomic E-state index is 8.86. The van der Waals surface area contributed by atoms with Crippen LogP contribution in [0.4, 0.5) is 0 Å². The molecule has 0 aliphatic rings. The number of hydrogen-bond donors (Lipinski definition) is 1. The second-order valence-electron chi connectivity index (χ2n) is 3.92. The molecule has 0 fully saturated rings. The molecule has 2 nitrogen and oxygen atoms in total. The Morgan fingerprint density at radius 1 is 1.35 bits per heavy atom. The van der Waals surface area contributed by atoms with Gasteiger partial charge in [0, 0.05) is 17.5 Å². The van der Waals surface area contributed by atoms with Crippen LogP contribution in [-0.2, 0) is 6.54 Å². The molecule has 1 unspecified atom stereocenters. The van der Waals surface area contributed by atoms with Crippen molar-refractivity contribution in [2.45, 2.75) is 19.5 Å². The van der Waals surface area contributed by atoms with E-state index in [1.165, 1.54) is 4.88 Å². The Kier molecular flexibility index (Phi) is 3.92. The first-order chi connectivity index (χ1) is 8.29. The normalized spacial score (nSPS) is 12.0. The van der Waals surface area contributed by atoms with Crippen LogP contribution < -0.4 is 5.32 Å². The summed E-state index contributed by atoms with van der Waals surface area (Å²) in [7, 11) is 0. The predicted molar refractivity (Wildman–Crippen MR) is 70.7 cm³/mol. The van der Waals surface area contributed by atoms with Crippen LogP contribution in [0.5, 0.6) is 0 Å². The van der Waals surface area contributed by atoms with E-state index in [1.807, 2.05) is 24.3 Å². The lowest BCUT2D eigenvalue weighted by Crippen LogP contribution is -2.17. The fourth-order valence-electron chi connectivity index (χ4n) is 1.66. The zero-order chi connectivity index (χ0) is 12.1. The maximum Gasteiger partial charge on any atom is 0.0991 e. The zero-order valence-corrected chi connectivity index (χ0v) is 10.5. The minimum atomic E-state index is 0.255. The lowest BCUT2D eigenvalue weighted by molar-refractivity contribution is 0.579. The molecule has 0 aliphatic carbocycles. The van der Waals surface area contributed by atoms with Gasteiger partial charge in [0.05, 0.1) is 11.6 Å². The molecule has 1 aromatic carbocycles. The molecular formula is C14H14N2S. The molecule has 17 heavy (non-hydrogen) atoms. The number of nitrogens with zero attached hydrogens (tertiary/aromatic N) is 1. The lowest BCUT2D eigenvalue weighted by Gasteiger charge is -2.13. The Bertz CT molecular complexity index is 511. The minimum absolute atomic E-state index is 0.255. The van der Waals surface area contributed by atoms with Crippen molar-refractivity contribution in [2.75, 3.05) is 0 Å². The molecule has 86 valence electrons. The van der Waals surface area contributed by atoms with E-state index in [9.17, 15) is 0 Å². The molecule has 0 spiro atoms. The molecule has 1 heterocycles. The minimum Gasteiger partial charge on any atom is -0.305 e. The molecule has 3 heteroatoms. The van der Waals surface area contributed by atoms with E-state index in [0.29, 0.717) is 5.56 Å². The number of thiophene rings is 1. The molecule has 2 aromatic rings. The summed E-state index contributed by atoms with van der Waals surface area (Å²) in [6.07, 6.45) is 0. The van der Waals surface area contributed by atoms with E-state index in [0.717, 1.165) is 12.1 Å². The van der Waals surface area contributed by atoms with Gasteiger partial charge in [-0.2, -0.15) is 5.26 Å². The lowest BCUT2D eigenvalue weighted by atomic mass is 10.1. The topological polar surface area (TPSA) is 35.8 Å². The summed E-state index contributed by atoms with van der Waals surface area (Å²) in [5, 5.41) is 14.4. The third kappa shape index (κ3) is 3.16. The van der Waals surface area contributed by atoms with Gasteiger partial charge < -0.3 is 5.32 Å². The van der Waals surface area contributed by atoms with Gasteiger partial charge >= 0.3 is 0 Å². The highest BCUT2D eigenvalue weighted by Gasteiger charge is 2.05. The Morgan fingerprint density at radius 3 is 2.94 bits per heavy atom. The van der Waals surface area contributed by atoms with Crippen molar-refractivity contribution in [1.82, 2.24) is 5.32 Å². The van der Waals surface area contributed by atoms with Crippen molar-refractivity contribution in [3.8, 4) is 6.07 Å². The summed E-state index contributed by atoms with van der Waals surface area (Å²) in [5.74, 6) is 0. The molecule has 0 radical (unpaired) electrons. The van der Waals surface area contributed by atoms with E-state index in [2.05, 4.69) is 35.8 Å². The average molecular weight is 242 g/mol. The van der Waals surface area contributed by atoms with E-state index >= 15 is 0 Å². The smallest absolute Gasteiger partial charge is 0.0991 e.